The van der Waals surface area contributed by atoms with Crippen molar-refractivity contribution in [2.75, 3.05) is 19.6 Å². The molecule has 2 N–H and O–H groups in total. The smallest absolute Gasteiger partial charge is 0.233 e. The first-order valence-corrected chi connectivity index (χ1v) is 6.50. The minimum atomic E-state index is -0.0792. The van der Waals surface area contributed by atoms with Gasteiger partial charge in [-0.05, 0) is 18.6 Å². The summed E-state index contributed by atoms with van der Waals surface area (Å²) in [6.07, 6.45) is 1.21. The third kappa shape index (κ3) is 6.27. The van der Waals surface area contributed by atoms with Crippen molar-refractivity contribution in [3.8, 4) is 6.07 Å². The van der Waals surface area contributed by atoms with Gasteiger partial charge in [-0.3, -0.25) is 4.79 Å². The van der Waals surface area contributed by atoms with Crippen molar-refractivity contribution in [2.45, 2.75) is 12.8 Å². The molecule has 1 aromatic rings. The molecule has 6 heteroatoms. The van der Waals surface area contributed by atoms with Gasteiger partial charge in [0.25, 0.3) is 0 Å². The van der Waals surface area contributed by atoms with E-state index in [1.165, 1.54) is 4.88 Å². The minimum absolute atomic E-state index is 0.0792. The van der Waals surface area contributed by atoms with E-state index in [-0.39, 0.29) is 12.5 Å². The lowest BCUT2D eigenvalue weighted by Gasteiger charge is -2.04. The third-order valence-electron chi connectivity index (χ3n) is 2.02. The lowest BCUT2D eigenvalue weighted by Crippen LogP contribution is -2.35. The van der Waals surface area contributed by atoms with E-state index in [0.717, 1.165) is 17.3 Å². The van der Waals surface area contributed by atoms with Crippen LogP contribution in [0.5, 0.6) is 0 Å². The second-order valence-corrected chi connectivity index (χ2v) is 5.19. The maximum absolute atomic E-state index is 11.2. The Kier molecular flexibility index (Phi) is 6.63. The van der Waals surface area contributed by atoms with E-state index in [2.05, 4.69) is 10.6 Å². The van der Waals surface area contributed by atoms with Gasteiger partial charge in [0.05, 0.1) is 23.4 Å². The van der Waals surface area contributed by atoms with Gasteiger partial charge in [0.15, 0.2) is 0 Å². The van der Waals surface area contributed by atoms with Crippen molar-refractivity contribution >= 4 is 28.8 Å². The maximum Gasteiger partial charge on any atom is 0.233 e. The summed E-state index contributed by atoms with van der Waals surface area (Å²) in [7, 11) is 0. The van der Waals surface area contributed by atoms with Gasteiger partial charge in [0, 0.05) is 18.0 Å². The fraction of sp³-hybridized carbons (Fsp3) is 0.455. The van der Waals surface area contributed by atoms with E-state index in [1.807, 2.05) is 18.2 Å². The van der Waals surface area contributed by atoms with Crippen LogP contribution in [0.25, 0.3) is 0 Å². The monoisotopic (exact) mass is 271 g/mol. The summed E-state index contributed by atoms with van der Waals surface area (Å²) >= 11 is 7.35. The van der Waals surface area contributed by atoms with E-state index in [9.17, 15) is 4.79 Å². The van der Waals surface area contributed by atoms with Gasteiger partial charge in [0.1, 0.15) is 0 Å². The molecule has 1 amide bonds. The highest BCUT2D eigenvalue weighted by molar-refractivity contribution is 7.16. The van der Waals surface area contributed by atoms with E-state index in [4.69, 9.17) is 16.9 Å². The molecule has 0 saturated heterocycles. The number of carbonyl (C=O) groups excluding carboxylic acids is 1. The Morgan fingerprint density at radius 2 is 2.29 bits per heavy atom. The average molecular weight is 272 g/mol. The molecule has 92 valence electrons. The Hall–Kier alpha value is -1.09. The predicted molar refractivity (Wildman–Crippen MR) is 69.1 cm³/mol. The number of thiophene rings is 1. The number of amides is 1. The van der Waals surface area contributed by atoms with Crippen molar-refractivity contribution in [1.82, 2.24) is 10.6 Å². The van der Waals surface area contributed by atoms with E-state index in [1.54, 1.807) is 11.3 Å². The Bertz CT molecular complexity index is 400. The SMILES string of the molecule is N#CCCNC(=O)CNCCc1ccc(Cl)s1. The van der Waals surface area contributed by atoms with Crippen LogP contribution in [0, 0.1) is 11.3 Å². The second kappa shape index (κ2) is 8.07. The molecular weight excluding hydrogens is 258 g/mol. The molecule has 0 unspecified atom stereocenters. The molecule has 0 bridgehead atoms. The quantitative estimate of drug-likeness (QED) is 0.740. The molecule has 0 aromatic carbocycles. The Morgan fingerprint density at radius 3 is 2.94 bits per heavy atom. The molecule has 0 fully saturated rings. The summed E-state index contributed by atoms with van der Waals surface area (Å²) in [5.41, 5.74) is 0. The molecule has 0 spiro atoms. The highest BCUT2D eigenvalue weighted by Crippen LogP contribution is 2.21. The fourth-order valence-electron chi connectivity index (χ4n) is 1.22. The zero-order chi connectivity index (χ0) is 12.5. The largest absolute Gasteiger partial charge is 0.354 e. The number of hydrogen-bond acceptors (Lipinski definition) is 4. The van der Waals surface area contributed by atoms with Crippen molar-refractivity contribution in [3.63, 3.8) is 0 Å². The standard InChI is InChI=1S/C11H14ClN3OS/c12-10-3-2-9(17-10)4-7-14-8-11(16)15-6-1-5-13/h2-3,14H,1,4,6-8H2,(H,15,16). The Balaban J connectivity index is 2.04. The summed E-state index contributed by atoms with van der Waals surface area (Å²) in [4.78, 5) is 12.4. The number of nitrogens with one attached hydrogen (secondary N) is 2. The number of carbonyl (C=O) groups is 1. The van der Waals surface area contributed by atoms with Gasteiger partial charge in [0.2, 0.25) is 5.91 Å². The van der Waals surface area contributed by atoms with Gasteiger partial charge < -0.3 is 10.6 Å². The van der Waals surface area contributed by atoms with Crippen LogP contribution in [-0.2, 0) is 11.2 Å². The normalized spacial score (nSPS) is 9.88. The summed E-state index contributed by atoms with van der Waals surface area (Å²) in [5.74, 6) is -0.0792. The van der Waals surface area contributed by atoms with E-state index in [0.29, 0.717) is 13.0 Å². The van der Waals surface area contributed by atoms with Crippen LogP contribution < -0.4 is 10.6 Å². The van der Waals surface area contributed by atoms with E-state index < -0.39 is 0 Å². The maximum atomic E-state index is 11.2. The summed E-state index contributed by atoms with van der Waals surface area (Å²) < 4.78 is 0.786. The van der Waals surface area contributed by atoms with Crippen LogP contribution in [0.1, 0.15) is 11.3 Å². The summed E-state index contributed by atoms with van der Waals surface area (Å²) in [6, 6.07) is 5.83. The first-order valence-electron chi connectivity index (χ1n) is 5.31. The number of halogens is 1. The van der Waals surface area contributed by atoms with Gasteiger partial charge in [-0.1, -0.05) is 11.6 Å². The number of nitriles is 1. The average Bonchev–Trinajstić information content (AvgIpc) is 2.71. The van der Waals surface area contributed by atoms with Crippen molar-refractivity contribution in [3.05, 3.63) is 21.3 Å². The summed E-state index contributed by atoms with van der Waals surface area (Å²) in [5, 5.41) is 14.0. The lowest BCUT2D eigenvalue weighted by molar-refractivity contribution is -0.120. The topological polar surface area (TPSA) is 64.9 Å². The van der Waals surface area contributed by atoms with Crippen LogP contribution in [0.4, 0.5) is 0 Å². The molecule has 0 aliphatic rings. The Labute approximate surface area is 110 Å². The number of hydrogen-bond donors (Lipinski definition) is 2. The molecule has 17 heavy (non-hydrogen) atoms. The molecule has 1 aromatic heterocycles. The van der Waals surface area contributed by atoms with Gasteiger partial charge in [-0.15, -0.1) is 11.3 Å². The van der Waals surface area contributed by atoms with Crippen molar-refractivity contribution < 1.29 is 4.79 Å². The van der Waals surface area contributed by atoms with Crippen LogP contribution in [0.15, 0.2) is 12.1 Å². The second-order valence-electron chi connectivity index (χ2n) is 3.39. The first-order chi connectivity index (χ1) is 8.22. The molecule has 0 aliphatic carbocycles. The molecule has 1 rings (SSSR count). The van der Waals surface area contributed by atoms with Gasteiger partial charge in [-0.2, -0.15) is 5.26 Å². The molecule has 0 aliphatic heterocycles. The lowest BCUT2D eigenvalue weighted by atomic mass is 10.3. The molecule has 0 saturated carbocycles. The molecular formula is C11H14ClN3OS. The highest BCUT2D eigenvalue weighted by Gasteiger charge is 2.00. The number of rotatable bonds is 7. The summed E-state index contributed by atoms with van der Waals surface area (Å²) in [6.45, 7) is 1.44. The molecule has 0 atom stereocenters. The minimum Gasteiger partial charge on any atom is -0.354 e. The third-order valence-corrected chi connectivity index (χ3v) is 3.31. The van der Waals surface area contributed by atoms with Crippen LogP contribution in [0.2, 0.25) is 4.34 Å². The first kappa shape index (κ1) is 14.0. The Morgan fingerprint density at radius 1 is 1.47 bits per heavy atom. The number of nitrogens with zero attached hydrogens (tertiary/aromatic N) is 1. The van der Waals surface area contributed by atoms with Crippen molar-refractivity contribution in [2.24, 2.45) is 0 Å². The zero-order valence-electron chi connectivity index (χ0n) is 9.33. The molecule has 1 heterocycles. The van der Waals surface area contributed by atoms with Gasteiger partial charge >= 0.3 is 0 Å². The highest BCUT2D eigenvalue weighted by atomic mass is 35.5. The molecule has 0 radical (unpaired) electrons. The zero-order valence-corrected chi connectivity index (χ0v) is 10.9. The predicted octanol–water partition coefficient (Wildman–Crippen LogP) is 1.56. The van der Waals surface area contributed by atoms with Crippen LogP contribution >= 0.6 is 22.9 Å². The van der Waals surface area contributed by atoms with Crippen molar-refractivity contribution in [1.29, 1.82) is 5.26 Å². The van der Waals surface area contributed by atoms with E-state index >= 15 is 0 Å². The van der Waals surface area contributed by atoms with Crippen LogP contribution in [0.3, 0.4) is 0 Å². The fourth-order valence-corrected chi connectivity index (χ4v) is 2.31. The molecule has 4 nitrogen and oxygen atoms in total. The van der Waals surface area contributed by atoms with Gasteiger partial charge in [-0.25, -0.2) is 0 Å². The van der Waals surface area contributed by atoms with Crippen LogP contribution in [-0.4, -0.2) is 25.5 Å².